The number of nitrogens with one attached hydrogen (secondary N) is 1. The minimum absolute atomic E-state index is 0.0665. The van der Waals surface area contributed by atoms with Gasteiger partial charge in [0.1, 0.15) is 11.5 Å². The molecule has 0 unspecified atom stereocenters. The smallest absolute Gasteiger partial charge is 0.272 e. The highest BCUT2D eigenvalue weighted by Crippen LogP contribution is 2.37. The molecule has 7 nitrogen and oxygen atoms in total. The molecule has 1 aromatic carbocycles. The summed E-state index contributed by atoms with van der Waals surface area (Å²) < 4.78 is 7.37. The Labute approximate surface area is 202 Å². The van der Waals surface area contributed by atoms with Crippen molar-refractivity contribution in [3.8, 4) is 11.3 Å². The molecule has 1 fully saturated rings. The third-order valence-corrected chi connectivity index (χ3v) is 6.48. The maximum atomic E-state index is 13.6. The van der Waals surface area contributed by atoms with Crippen molar-refractivity contribution in [1.29, 1.82) is 0 Å². The molecule has 9 heteroatoms. The number of rotatable bonds is 5. The van der Waals surface area contributed by atoms with Crippen molar-refractivity contribution in [3.63, 3.8) is 0 Å². The van der Waals surface area contributed by atoms with Crippen LogP contribution in [0.2, 0.25) is 10.0 Å². The number of fused-ring (bicyclic) bond motifs is 1. The zero-order valence-corrected chi connectivity index (χ0v) is 20.0. The first-order valence-electron chi connectivity index (χ1n) is 10.9. The van der Waals surface area contributed by atoms with Crippen molar-refractivity contribution in [2.75, 3.05) is 25.1 Å². The van der Waals surface area contributed by atoms with Gasteiger partial charge in [-0.1, -0.05) is 35.3 Å². The predicted molar refractivity (Wildman–Crippen MR) is 129 cm³/mol. The van der Waals surface area contributed by atoms with Gasteiger partial charge in [0.25, 0.3) is 5.91 Å². The van der Waals surface area contributed by atoms with Gasteiger partial charge in [0.2, 0.25) is 0 Å². The minimum atomic E-state index is -0.158. The van der Waals surface area contributed by atoms with E-state index in [0.29, 0.717) is 60.1 Å². The summed E-state index contributed by atoms with van der Waals surface area (Å²) in [6, 6.07) is 11.5. The molecule has 1 N–H and O–H groups in total. The van der Waals surface area contributed by atoms with Gasteiger partial charge in [0.15, 0.2) is 0 Å². The lowest BCUT2D eigenvalue weighted by Gasteiger charge is -2.42. The van der Waals surface area contributed by atoms with Crippen molar-refractivity contribution in [3.05, 3.63) is 63.9 Å². The molecular weight excluding hydrogens is 461 g/mol. The monoisotopic (exact) mass is 485 g/mol. The van der Waals surface area contributed by atoms with Crippen LogP contribution in [0.3, 0.4) is 0 Å². The molecule has 1 amide bonds. The molecule has 0 radical (unpaired) electrons. The molecule has 33 heavy (non-hydrogen) atoms. The number of hydrogen-bond donors (Lipinski definition) is 1. The van der Waals surface area contributed by atoms with Crippen LogP contribution in [0.15, 0.2) is 42.6 Å². The number of carbonyl (C=O) groups is 1. The Morgan fingerprint density at radius 3 is 2.70 bits per heavy atom. The van der Waals surface area contributed by atoms with E-state index in [4.69, 9.17) is 33.0 Å². The first kappa shape index (κ1) is 22.2. The quantitative estimate of drug-likeness (QED) is 0.564. The molecule has 5 rings (SSSR count). The number of carbonyl (C=O) groups excluding carboxylic acids is 1. The van der Waals surface area contributed by atoms with E-state index in [1.54, 1.807) is 6.20 Å². The molecule has 4 heterocycles. The summed E-state index contributed by atoms with van der Waals surface area (Å²) in [6.07, 6.45) is 1.61. The third-order valence-electron chi connectivity index (χ3n) is 5.94. The highest BCUT2D eigenvalue weighted by Gasteiger charge is 2.45. The molecule has 0 bridgehead atoms. The van der Waals surface area contributed by atoms with Crippen molar-refractivity contribution in [2.45, 2.75) is 33.0 Å². The maximum absolute atomic E-state index is 13.6. The molecule has 0 aliphatic carbocycles. The average Bonchev–Trinajstić information content (AvgIpc) is 3.10. The van der Waals surface area contributed by atoms with Gasteiger partial charge < -0.3 is 15.0 Å². The topological polar surface area (TPSA) is 72.3 Å². The molecule has 172 valence electrons. The van der Waals surface area contributed by atoms with Crippen LogP contribution in [0.4, 0.5) is 5.82 Å². The number of hydrogen-bond acceptors (Lipinski definition) is 5. The Kier molecular flexibility index (Phi) is 5.80. The van der Waals surface area contributed by atoms with E-state index in [1.165, 1.54) is 0 Å². The highest BCUT2D eigenvalue weighted by atomic mass is 35.5. The van der Waals surface area contributed by atoms with Crippen LogP contribution in [0.5, 0.6) is 0 Å². The molecule has 2 aliphatic heterocycles. The molecule has 2 aliphatic rings. The number of aromatic nitrogens is 3. The van der Waals surface area contributed by atoms with Gasteiger partial charge in [0, 0.05) is 35.9 Å². The number of benzene rings is 1. The van der Waals surface area contributed by atoms with Crippen molar-refractivity contribution in [1.82, 2.24) is 19.7 Å². The lowest BCUT2D eigenvalue weighted by atomic mass is 9.85. The van der Waals surface area contributed by atoms with E-state index in [1.807, 2.05) is 59.8 Å². The van der Waals surface area contributed by atoms with E-state index in [-0.39, 0.29) is 17.4 Å². The molecule has 0 atom stereocenters. The lowest BCUT2D eigenvalue weighted by Crippen LogP contribution is -2.52. The van der Waals surface area contributed by atoms with E-state index < -0.39 is 0 Å². The minimum Gasteiger partial charge on any atom is -0.380 e. The normalized spacial score (nSPS) is 17.1. The summed E-state index contributed by atoms with van der Waals surface area (Å²) in [6.45, 7) is 6.97. The van der Waals surface area contributed by atoms with Crippen LogP contribution in [0, 0.1) is 5.41 Å². The van der Waals surface area contributed by atoms with Crippen LogP contribution in [0.1, 0.15) is 29.9 Å². The zero-order chi connectivity index (χ0) is 23.2. The maximum Gasteiger partial charge on any atom is 0.272 e. The van der Waals surface area contributed by atoms with Crippen molar-refractivity contribution in [2.24, 2.45) is 5.41 Å². The van der Waals surface area contributed by atoms with Crippen LogP contribution >= 0.6 is 23.2 Å². The summed E-state index contributed by atoms with van der Waals surface area (Å²) >= 11 is 12.7. The number of nitrogens with zero attached hydrogens (tertiary/aromatic N) is 4. The lowest BCUT2D eigenvalue weighted by molar-refractivity contribution is -0.130. The van der Waals surface area contributed by atoms with E-state index in [2.05, 4.69) is 10.3 Å². The van der Waals surface area contributed by atoms with E-state index in [9.17, 15) is 4.79 Å². The molecule has 2 aromatic heterocycles. The van der Waals surface area contributed by atoms with Crippen LogP contribution in [-0.4, -0.2) is 51.4 Å². The van der Waals surface area contributed by atoms with Gasteiger partial charge in [-0.05, 0) is 43.7 Å². The molecule has 1 saturated heterocycles. The number of ether oxygens (including phenoxy) is 1. The van der Waals surface area contributed by atoms with Crippen LogP contribution in [-0.2, 0) is 17.8 Å². The number of halogens is 2. The fraction of sp³-hybridized carbons (Fsp3) is 0.375. The zero-order valence-electron chi connectivity index (χ0n) is 18.5. The summed E-state index contributed by atoms with van der Waals surface area (Å²) in [4.78, 5) is 19.9. The molecule has 0 saturated carbocycles. The van der Waals surface area contributed by atoms with E-state index >= 15 is 0 Å². The second-order valence-electron chi connectivity index (χ2n) is 9.20. The van der Waals surface area contributed by atoms with Gasteiger partial charge >= 0.3 is 0 Å². The average molecular weight is 486 g/mol. The first-order chi connectivity index (χ1) is 15.8. The van der Waals surface area contributed by atoms with Crippen LogP contribution in [0.25, 0.3) is 11.3 Å². The summed E-state index contributed by atoms with van der Waals surface area (Å²) in [7, 11) is 0. The Balaban J connectivity index is 1.52. The van der Waals surface area contributed by atoms with Gasteiger partial charge in [-0.15, -0.1) is 0 Å². The molecule has 1 spiro atoms. The Morgan fingerprint density at radius 2 is 2.00 bits per heavy atom. The number of amides is 1. The number of pyridine rings is 1. The number of anilines is 1. The SMILES string of the molecule is CC(C)Nc1cc(-c2cc3n(n2)CC2(COC2)CN(Cc2cccc(Cl)c2)C3=O)c(Cl)cn1. The van der Waals surface area contributed by atoms with Gasteiger partial charge in [-0.25, -0.2) is 4.98 Å². The second-order valence-corrected chi connectivity index (χ2v) is 10.0. The first-order valence-corrected chi connectivity index (χ1v) is 11.7. The largest absolute Gasteiger partial charge is 0.380 e. The Hall–Kier alpha value is -2.61. The predicted octanol–water partition coefficient (Wildman–Crippen LogP) is 4.74. The summed E-state index contributed by atoms with van der Waals surface area (Å²) in [5.74, 6) is 0.647. The highest BCUT2D eigenvalue weighted by molar-refractivity contribution is 6.33. The Morgan fingerprint density at radius 1 is 1.18 bits per heavy atom. The second kappa shape index (κ2) is 8.63. The molecule has 3 aromatic rings. The summed E-state index contributed by atoms with van der Waals surface area (Å²) in [5, 5.41) is 9.23. The summed E-state index contributed by atoms with van der Waals surface area (Å²) in [5.41, 5.74) is 2.76. The van der Waals surface area contributed by atoms with E-state index in [0.717, 1.165) is 11.1 Å². The van der Waals surface area contributed by atoms with Gasteiger partial charge in [-0.2, -0.15) is 5.10 Å². The molecular formula is C24H25Cl2N5O2. The third kappa shape index (κ3) is 4.45. The van der Waals surface area contributed by atoms with Crippen LogP contribution < -0.4 is 5.32 Å². The van der Waals surface area contributed by atoms with Crippen molar-refractivity contribution >= 4 is 34.9 Å². The fourth-order valence-electron chi connectivity index (χ4n) is 4.41. The van der Waals surface area contributed by atoms with Gasteiger partial charge in [0.05, 0.1) is 35.9 Å². The Bertz CT molecular complexity index is 1210. The van der Waals surface area contributed by atoms with Crippen molar-refractivity contribution < 1.29 is 9.53 Å². The fourth-order valence-corrected chi connectivity index (χ4v) is 4.83. The standard InChI is InChI=1S/C24H25Cl2N5O2/c1-15(2)28-22-7-18(19(26)9-27-22)20-8-21-23(32)30(10-16-4-3-5-17(25)6-16)11-24(13-33-14-24)12-31(21)29-20/h3-9,15H,10-14H2,1-2H3,(H,27,28). The van der Waals surface area contributed by atoms with Gasteiger partial charge in [-0.3, -0.25) is 9.48 Å².